The van der Waals surface area contributed by atoms with E-state index in [9.17, 15) is 9.59 Å². The second-order valence-corrected chi connectivity index (χ2v) is 4.84. The lowest BCUT2D eigenvalue weighted by atomic mass is 10.1. The number of anilines is 1. The van der Waals surface area contributed by atoms with Crippen molar-refractivity contribution in [2.45, 2.75) is 12.8 Å². The summed E-state index contributed by atoms with van der Waals surface area (Å²) in [5.74, 6) is -0.950. The third-order valence-electron chi connectivity index (χ3n) is 2.62. The third kappa shape index (κ3) is 3.93. The van der Waals surface area contributed by atoms with Gasteiger partial charge in [0.1, 0.15) is 0 Å². The van der Waals surface area contributed by atoms with Crippen molar-refractivity contribution < 1.29 is 14.7 Å². The number of aryl methyl sites for hydroxylation is 1. The lowest BCUT2D eigenvalue weighted by Gasteiger charge is -2.05. The molecule has 0 aliphatic carbocycles. The minimum absolute atomic E-state index is 0.112. The molecular formula is C14H13NO3S. The number of carboxylic acid groups (broad SMARTS) is 1. The maximum Gasteiger partial charge on any atom is 0.303 e. The summed E-state index contributed by atoms with van der Waals surface area (Å²) < 4.78 is 0. The Hall–Kier alpha value is -2.14. The molecule has 0 atom stereocenters. The van der Waals surface area contributed by atoms with Crippen molar-refractivity contribution in [1.29, 1.82) is 0 Å². The Morgan fingerprint density at radius 1 is 1.16 bits per heavy atom. The van der Waals surface area contributed by atoms with Gasteiger partial charge in [0.05, 0.1) is 5.56 Å². The lowest BCUT2D eigenvalue weighted by Crippen LogP contribution is -2.10. The minimum Gasteiger partial charge on any atom is -0.481 e. The standard InChI is InChI=1S/C14H13NO3S/c16-13(17)6-3-10-1-4-12(5-2-10)15-14(18)11-7-8-19-9-11/h1-2,4-5,7-9H,3,6H2,(H,15,18)(H,16,17). The van der Waals surface area contributed by atoms with Gasteiger partial charge in [0.2, 0.25) is 0 Å². The molecule has 1 amide bonds. The average Bonchev–Trinajstić information content (AvgIpc) is 2.92. The molecule has 0 bridgehead atoms. The van der Waals surface area contributed by atoms with Crippen LogP contribution in [-0.4, -0.2) is 17.0 Å². The predicted molar refractivity (Wildman–Crippen MR) is 74.7 cm³/mol. The zero-order chi connectivity index (χ0) is 13.7. The van der Waals surface area contributed by atoms with Gasteiger partial charge >= 0.3 is 5.97 Å². The average molecular weight is 275 g/mol. The Morgan fingerprint density at radius 3 is 2.47 bits per heavy atom. The number of carboxylic acids is 1. The number of amides is 1. The van der Waals surface area contributed by atoms with E-state index in [1.54, 1.807) is 23.6 Å². The van der Waals surface area contributed by atoms with Gasteiger partial charge in [0.15, 0.2) is 0 Å². The molecule has 0 spiro atoms. The van der Waals surface area contributed by atoms with Crippen LogP contribution in [0.5, 0.6) is 0 Å². The zero-order valence-corrected chi connectivity index (χ0v) is 10.9. The summed E-state index contributed by atoms with van der Waals surface area (Å²) in [7, 11) is 0. The third-order valence-corrected chi connectivity index (χ3v) is 3.31. The van der Waals surface area contributed by atoms with Crippen LogP contribution in [0.3, 0.4) is 0 Å². The Kier molecular flexibility index (Phi) is 4.30. The molecule has 2 N–H and O–H groups in total. The van der Waals surface area contributed by atoms with Gasteiger partial charge in [-0.15, -0.1) is 0 Å². The molecule has 1 heterocycles. The molecule has 0 unspecified atom stereocenters. The SMILES string of the molecule is O=C(O)CCc1ccc(NC(=O)c2ccsc2)cc1. The van der Waals surface area contributed by atoms with E-state index in [1.807, 2.05) is 17.5 Å². The van der Waals surface area contributed by atoms with Gasteiger partial charge in [-0.3, -0.25) is 9.59 Å². The predicted octanol–water partition coefficient (Wildman–Crippen LogP) is 3.02. The van der Waals surface area contributed by atoms with E-state index in [2.05, 4.69) is 5.32 Å². The molecule has 5 heteroatoms. The Balaban J connectivity index is 1.95. The van der Waals surface area contributed by atoms with E-state index in [4.69, 9.17) is 5.11 Å². The molecule has 4 nitrogen and oxygen atoms in total. The molecule has 2 rings (SSSR count). The maximum atomic E-state index is 11.8. The van der Waals surface area contributed by atoms with Crippen molar-refractivity contribution in [2.24, 2.45) is 0 Å². The molecule has 98 valence electrons. The molecule has 0 saturated carbocycles. The van der Waals surface area contributed by atoms with Gasteiger partial charge in [-0.25, -0.2) is 0 Å². The fraction of sp³-hybridized carbons (Fsp3) is 0.143. The molecule has 1 aromatic carbocycles. The number of nitrogens with one attached hydrogen (secondary N) is 1. The van der Waals surface area contributed by atoms with E-state index in [-0.39, 0.29) is 12.3 Å². The minimum atomic E-state index is -0.810. The summed E-state index contributed by atoms with van der Waals surface area (Å²) in [6.07, 6.45) is 0.606. The highest BCUT2D eigenvalue weighted by atomic mass is 32.1. The number of carbonyl (C=O) groups is 2. The fourth-order valence-corrected chi connectivity index (χ4v) is 2.24. The topological polar surface area (TPSA) is 66.4 Å². The lowest BCUT2D eigenvalue weighted by molar-refractivity contribution is -0.136. The first kappa shape index (κ1) is 13.3. The fourth-order valence-electron chi connectivity index (χ4n) is 1.60. The van der Waals surface area contributed by atoms with Crippen LogP contribution in [0.4, 0.5) is 5.69 Å². The quantitative estimate of drug-likeness (QED) is 0.881. The van der Waals surface area contributed by atoms with Crippen LogP contribution in [0.1, 0.15) is 22.3 Å². The van der Waals surface area contributed by atoms with Gasteiger partial charge in [-0.1, -0.05) is 12.1 Å². The van der Waals surface area contributed by atoms with Crippen LogP contribution < -0.4 is 5.32 Å². The largest absolute Gasteiger partial charge is 0.481 e. The van der Waals surface area contributed by atoms with Crippen molar-refractivity contribution >= 4 is 28.9 Å². The zero-order valence-electron chi connectivity index (χ0n) is 10.1. The van der Waals surface area contributed by atoms with E-state index in [1.165, 1.54) is 11.3 Å². The highest BCUT2D eigenvalue weighted by Gasteiger charge is 2.06. The van der Waals surface area contributed by atoms with Crippen molar-refractivity contribution in [2.75, 3.05) is 5.32 Å². The Bertz CT molecular complexity index is 561. The van der Waals surface area contributed by atoms with Crippen LogP contribution in [0.25, 0.3) is 0 Å². The summed E-state index contributed by atoms with van der Waals surface area (Å²) in [6.45, 7) is 0. The van der Waals surface area contributed by atoms with Gasteiger partial charge in [0, 0.05) is 17.5 Å². The van der Waals surface area contributed by atoms with Crippen LogP contribution in [-0.2, 0) is 11.2 Å². The molecule has 0 saturated heterocycles. The molecule has 19 heavy (non-hydrogen) atoms. The van der Waals surface area contributed by atoms with Crippen LogP contribution in [0, 0.1) is 0 Å². The van der Waals surface area contributed by atoms with E-state index < -0.39 is 5.97 Å². The normalized spacial score (nSPS) is 10.1. The van der Waals surface area contributed by atoms with Crippen LogP contribution >= 0.6 is 11.3 Å². The molecule has 0 aliphatic heterocycles. The summed E-state index contributed by atoms with van der Waals surface area (Å²) in [5, 5.41) is 15.0. The van der Waals surface area contributed by atoms with E-state index in [0.717, 1.165) is 5.56 Å². The molecule has 0 fully saturated rings. The summed E-state index contributed by atoms with van der Waals surface area (Å²) in [4.78, 5) is 22.3. The van der Waals surface area contributed by atoms with Crippen molar-refractivity contribution in [1.82, 2.24) is 0 Å². The first-order valence-corrected chi connectivity index (χ1v) is 6.74. The van der Waals surface area contributed by atoms with Gasteiger partial charge in [-0.2, -0.15) is 11.3 Å². The second kappa shape index (κ2) is 6.15. The number of carbonyl (C=O) groups excluding carboxylic acids is 1. The highest BCUT2D eigenvalue weighted by molar-refractivity contribution is 7.08. The van der Waals surface area contributed by atoms with Crippen molar-refractivity contribution in [3.05, 3.63) is 52.2 Å². The van der Waals surface area contributed by atoms with Gasteiger partial charge in [0.25, 0.3) is 5.91 Å². The number of aliphatic carboxylic acids is 1. The number of hydrogen-bond acceptors (Lipinski definition) is 3. The first-order chi connectivity index (χ1) is 9.15. The van der Waals surface area contributed by atoms with Crippen molar-refractivity contribution in [3.63, 3.8) is 0 Å². The van der Waals surface area contributed by atoms with Gasteiger partial charge < -0.3 is 10.4 Å². The Labute approximate surface area is 114 Å². The number of thiophene rings is 1. The molecule has 0 aliphatic rings. The monoisotopic (exact) mass is 275 g/mol. The van der Waals surface area contributed by atoms with Crippen LogP contribution in [0.15, 0.2) is 41.1 Å². The van der Waals surface area contributed by atoms with Gasteiger partial charge in [-0.05, 0) is 35.6 Å². The molecule has 2 aromatic rings. The number of rotatable bonds is 5. The smallest absolute Gasteiger partial charge is 0.303 e. The second-order valence-electron chi connectivity index (χ2n) is 4.06. The molecule has 0 radical (unpaired) electrons. The summed E-state index contributed by atoms with van der Waals surface area (Å²) >= 11 is 1.47. The summed E-state index contributed by atoms with van der Waals surface area (Å²) in [6, 6.07) is 8.97. The first-order valence-electron chi connectivity index (χ1n) is 5.79. The number of hydrogen-bond donors (Lipinski definition) is 2. The molecular weight excluding hydrogens is 262 g/mol. The van der Waals surface area contributed by atoms with Crippen LogP contribution in [0.2, 0.25) is 0 Å². The van der Waals surface area contributed by atoms with E-state index in [0.29, 0.717) is 17.7 Å². The number of benzene rings is 1. The van der Waals surface area contributed by atoms with E-state index >= 15 is 0 Å². The summed E-state index contributed by atoms with van der Waals surface area (Å²) in [5.41, 5.74) is 2.28. The van der Waals surface area contributed by atoms with Crippen molar-refractivity contribution in [3.8, 4) is 0 Å². The maximum absolute atomic E-state index is 11.8. The molecule has 1 aromatic heterocycles. The highest BCUT2D eigenvalue weighted by Crippen LogP contribution is 2.13. The Morgan fingerprint density at radius 2 is 1.89 bits per heavy atom.